The Balaban J connectivity index is 1.98. The number of aryl methyl sites for hydroxylation is 1. The van der Waals surface area contributed by atoms with Gasteiger partial charge in [0.15, 0.2) is 0 Å². The number of rotatable bonds is 4. The summed E-state index contributed by atoms with van der Waals surface area (Å²) in [6.45, 7) is 4.88. The van der Waals surface area contributed by atoms with Gasteiger partial charge in [-0.3, -0.25) is 9.10 Å². The average molecular weight is 358 g/mol. The lowest BCUT2D eigenvalue weighted by Gasteiger charge is -2.23. The maximum Gasteiger partial charge on any atom is 0.258 e. The molecule has 6 heteroatoms. The summed E-state index contributed by atoms with van der Waals surface area (Å²) in [6, 6.07) is 13.1. The zero-order chi connectivity index (χ0) is 18.2. The van der Waals surface area contributed by atoms with Crippen LogP contribution in [0.25, 0.3) is 0 Å². The standard InChI is InChI=1S/C19H22N2O3S/c1-4-20(17-7-5-6-14(2)12-17)19(22)16-9-8-15-10-11-21(18(15)13-16)25(3,23)24/h5-9,12-13H,4,10-11H2,1-3H3. The highest BCUT2D eigenvalue weighted by Crippen LogP contribution is 2.31. The third-order valence-corrected chi connectivity index (χ3v) is 5.64. The molecule has 0 N–H and O–H groups in total. The van der Waals surface area contributed by atoms with E-state index in [1.807, 2.05) is 44.2 Å². The molecule has 0 aliphatic carbocycles. The largest absolute Gasteiger partial charge is 0.309 e. The van der Waals surface area contributed by atoms with Gasteiger partial charge in [-0.2, -0.15) is 0 Å². The zero-order valence-electron chi connectivity index (χ0n) is 14.7. The van der Waals surface area contributed by atoms with E-state index in [1.54, 1.807) is 17.0 Å². The van der Waals surface area contributed by atoms with E-state index >= 15 is 0 Å². The zero-order valence-corrected chi connectivity index (χ0v) is 15.5. The Labute approximate surface area is 148 Å². The van der Waals surface area contributed by atoms with E-state index in [-0.39, 0.29) is 5.91 Å². The molecule has 0 saturated carbocycles. The molecule has 2 aromatic carbocycles. The van der Waals surface area contributed by atoms with Crippen LogP contribution in [0.3, 0.4) is 0 Å². The molecule has 2 aromatic rings. The molecule has 0 aromatic heterocycles. The van der Waals surface area contributed by atoms with Crippen molar-refractivity contribution in [3.05, 3.63) is 59.2 Å². The monoisotopic (exact) mass is 358 g/mol. The van der Waals surface area contributed by atoms with Gasteiger partial charge in [0.1, 0.15) is 0 Å². The number of sulfonamides is 1. The topological polar surface area (TPSA) is 57.7 Å². The molecular weight excluding hydrogens is 336 g/mol. The van der Waals surface area contributed by atoms with Gasteiger partial charge in [0, 0.05) is 24.3 Å². The van der Waals surface area contributed by atoms with Crippen molar-refractivity contribution >= 4 is 27.3 Å². The third kappa shape index (κ3) is 3.39. The van der Waals surface area contributed by atoms with E-state index in [1.165, 1.54) is 10.6 Å². The highest BCUT2D eigenvalue weighted by molar-refractivity contribution is 7.92. The number of anilines is 2. The Morgan fingerprint density at radius 3 is 2.60 bits per heavy atom. The molecule has 5 nitrogen and oxygen atoms in total. The van der Waals surface area contributed by atoms with Gasteiger partial charge in [0.05, 0.1) is 11.9 Å². The van der Waals surface area contributed by atoms with Crippen LogP contribution in [0.1, 0.15) is 28.4 Å². The molecule has 1 aliphatic rings. The number of benzene rings is 2. The molecule has 1 heterocycles. The molecule has 0 unspecified atom stereocenters. The Kier molecular flexibility index (Phi) is 4.56. The molecule has 1 amide bonds. The molecule has 1 aliphatic heterocycles. The van der Waals surface area contributed by atoms with Crippen LogP contribution in [0.15, 0.2) is 42.5 Å². The van der Waals surface area contributed by atoms with Crippen LogP contribution < -0.4 is 9.21 Å². The number of amides is 1. The number of nitrogens with zero attached hydrogens (tertiary/aromatic N) is 2. The Hall–Kier alpha value is -2.34. The second-order valence-electron chi connectivity index (χ2n) is 6.32. The molecule has 0 atom stereocenters. The van der Waals surface area contributed by atoms with Gasteiger partial charge in [-0.1, -0.05) is 18.2 Å². The van der Waals surface area contributed by atoms with Crippen LogP contribution in [0.5, 0.6) is 0 Å². The first-order valence-electron chi connectivity index (χ1n) is 8.30. The van der Waals surface area contributed by atoms with Crippen molar-refractivity contribution in [1.82, 2.24) is 0 Å². The number of hydrogen-bond acceptors (Lipinski definition) is 3. The van der Waals surface area contributed by atoms with E-state index in [9.17, 15) is 13.2 Å². The quantitative estimate of drug-likeness (QED) is 0.844. The highest BCUT2D eigenvalue weighted by atomic mass is 32.2. The summed E-state index contributed by atoms with van der Waals surface area (Å²) < 4.78 is 25.3. The van der Waals surface area contributed by atoms with Gasteiger partial charge in [-0.25, -0.2) is 8.42 Å². The molecule has 0 radical (unpaired) electrons. The fourth-order valence-corrected chi connectivity index (χ4v) is 4.17. The number of hydrogen-bond donors (Lipinski definition) is 0. The molecule has 0 fully saturated rings. The molecular formula is C19H22N2O3S. The molecule has 3 rings (SSSR count). The minimum Gasteiger partial charge on any atom is -0.309 e. The van der Waals surface area contributed by atoms with Crippen molar-refractivity contribution in [3.8, 4) is 0 Å². The van der Waals surface area contributed by atoms with Gasteiger partial charge in [0.2, 0.25) is 10.0 Å². The predicted octanol–water partition coefficient (Wildman–Crippen LogP) is 2.98. The van der Waals surface area contributed by atoms with Crippen LogP contribution >= 0.6 is 0 Å². The van der Waals surface area contributed by atoms with E-state index in [0.29, 0.717) is 30.8 Å². The smallest absolute Gasteiger partial charge is 0.258 e. The van der Waals surface area contributed by atoms with Crippen molar-refractivity contribution in [2.24, 2.45) is 0 Å². The van der Waals surface area contributed by atoms with Crippen molar-refractivity contribution in [2.75, 3.05) is 28.6 Å². The minimum atomic E-state index is -3.33. The highest BCUT2D eigenvalue weighted by Gasteiger charge is 2.27. The number of carbonyl (C=O) groups is 1. The second kappa shape index (κ2) is 6.52. The second-order valence-corrected chi connectivity index (χ2v) is 8.22. The van der Waals surface area contributed by atoms with Gasteiger partial charge >= 0.3 is 0 Å². The van der Waals surface area contributed by atoms with E-state index in [2.05, 4.69) is 0 Å². The van der Waals surface area contributed by atoms with Gasteiger partial charge < -0.3 is 4.90 Å². The van der Waals surface area contributed by atoms with Gasteiger partial charge in [-0.15, -0.1) is 0 Å². The van der Waals surface area contributed by atoms with E-state index < -0.39 is 10.0 Å². The fraction of sp³-hybridized carbons (Fsp3) is 0.316. The van der Waals surface area contributed by atoms with Crippen molar-refractivity contribution in [1.29, 1.82) is 0 Å². The first-order valence-corrected chi connectivity index (χ1v) is 10.1. The Morgan fingerprint density at radius 1 is 1.20 bits per heavy atom. The SMILES string of the molecule is CCN(C(=O)c1ccc2c(c1)N(S(C)(=O)=O)CC2)c1cccc(C)c1. The fourth-order valence-electron chi connectivity index (χ4n) is 3.22. The molecule has 25 heavy (non-hydrogen) atoms. The lowest BCUT2D eigenvalue weighted by molar-refractivity contribution is 0.0988. The molecule has 0 spiro atoms. The molecule has 0 bridgehead atoms. The maximum absolute atomic E-state index is 13.0. The molecule has 132 valence electrons. The Morgan fingerprint density at radius 2 is 1.96 bits per heavy atom. The third-order valence-electron chi connectivity index (χ3n) is 4.46. The Bertz CT molecular complexity index is 922. The summed E-state index contributed by atoms with van der Waals surface area (Å²) in [5.41, 5.74) is 4.00. The van der Waals surface area contributed by atoms with Crippen molar-refractivity contribution in [2.45, 2.75) is 20.3 Å². The predicted molar refractivity (Wildman–Crippen MR) is 101 cm³/mol. The van der Waals surface area contributed by atoms with Gasteiger partial charge in [-0.05, 0) is 55.7 Å². The number of fused-ring (bicyclic) bond motifs is 1. The summed E-state index contributed by atoms with van der Waals surface area (Å²) in [5, 5.41) is 0. The summed E-state index contributed by atoms with van der Waals surface area (Å²) in [5.74, 6) is -0.128. The number of carbonyl (C=O) groups excluding carboxylic acids is 1. The lowest BCUT2D eigenvalue weighted by atomic mass is 10.1. The van der Waals surface area contributed by atoms with Crippen LogP contribution in [0.2, 0.25) is 0 Å². The first kappa shape index (κ1) is 17.5. The van der Waals surface area contributed by atoms with Crippen LogP contribution in [0, 0.1) is 6.92 Å². The summed E-state index contributed by atoms with van der Waals surface area (Å²) in [4.78, 5) is 14.7. The minimum absolute atomic E-state index is 0.128. The summed E-state index contributed by atoms with van der Waals surface area (Å²) >= 11 is 0. The van der Waals surface area contributed by atoms with Crippen LogP contribution in [-0.2, 0) is 16.4 Å². The van der Waals surface area contributed by atoms with Crippen LogP contribution in [-0.4, -0.2) is 33.7 Å². The summed E-state index contributed by atoms with van der Waals surface area (Å²) in [6.07, 6.45) is 1.87. The lowest BCUT2D eigenvalue weighted by Crippen LogP contribution is -2.31. The van der Waals surface area contributed by atoms with E-state index in [4.69, 9.17) is 0 Å². The van der Waals surface area contributed by atoms with Crippen molar-refractivity contribution in [3.63, 3.8) is 0 Å². The normalized spacial score (nSPS) is 13.6. The maximum atomic E-state index is 13.0. The van der Waals surface area contributed by atoms with E-state index in [0.717, 1.165) is 16.8 Å². The average Bonchev–Trinajstić information content (AvgIpc) is 2.98. The molecule has 0 saturated heterocycles. The first-order chi connectivity index (χ1) is 11.8. The van der Waals surface area contributed by atoms with Crippen molar-refractivity contribution < 1.29 is 13.2 Å². The van der Waals surface area contributed by atoms with Gasteiger partial charge in [0.25, 0.3) is 5.91 Å². The summed E-state index contributed by atoms with van der Waals surface area (Å²) in [7, 11) is -3.33. The van der Waals surface area contributed by atoms with Crippen LogP contribution in [0.4, 0.5) is 11.4 Å².